The maximum absolute atomic E-state index is 12.8. The number of fused-ring (bicyclic) bond motifs is 1. The van der Waals surface area contributed by atoms with Crippen LogP contribution in [0.1, 0.15) is 73.1 Å². The van der Waals surface area contributed by atoms with Crippen molar-refractivity contribution >= 4 is 11.6 Å². The number of rotatable bonds is 5. The Morgan fingerprint density at radius 2 is 1.97 bits per heavy atom. The molecule has 3 aliphatic carbocycles. The van der Waals surface area contributed by atoms with Gasteiger partial charge in [-0.1, -0.05) is 46.8 Å². The lowest BCUT2D eigenvalue weighted by atomic mass is 9.46. The topological polar surface area (TPSA) is 66.4 Å². The van der Waals surface area contributed by atoms with Crippen molar-refractivity contribution in [1.82, 2.24) is 5.32 Å². The molecule has 29 heavy (non-hydrogen) atoms. The molecule has 0 amide bonds. The molecule has 4 heteroatoms. The lowest BCUT2D eigenvalue weighted by Gasteiger charge is -2.59. The molecule has 0 spiro atoms. The Morgan fingerprint density at radius 3 is 2.62 bits per heavy atom. The average Bonchev–Trinajstić information content (AvgIpc) is 2.66. The monoisotopic (exact) mass is 399 g/mol. The van der Waals surface area contributed by atoms with Crippen molar-refractivity contribution in [1.29, 1.82) is 0 Å². The van der Waals surface area contributed by atoms with Crippen molar-refractivity contribution in [2.24, 2.45) is 28.6 Å². The summed E-state index contributed by atoms with van der Waals surface area (Å²) in [5, 5.41) is 14.1. The van der Waals surface area contributed by atoms with Crippen molar-refractivity contribution in [3.63, 3.8) is 0 Å². The van der Waals surface area contributed by atoms with E-state index in [9.17, 15) is 14.7 Å². The maximum Gasteiger partial charge on any atom is 0.232 e. The van der Waals surface area contributed by atoms with Crippen molar-refractivity contribution in [3.8, 4) is 0 Å². The van der Waals surface area contributed by atoms with Gasteiger partial charge in [0.15, 0.2) is 0 Å². The van der Waals surface area contributed by atoms with E-state index in [1.807, 2.05) is 0 Å². The summed E-state index contributed by atoms with van der Waals surface area (Å²) in [5.74, 6) is 0.0593. The van der Waals surface area contributed by atoms with Crippen LogP contribution in [-0.2, 0) is 9.59 Å². The highest BCUT2D eigenvalue weighted by molar-refractivity contribution is 6.48. The summed E-state index contributed by atoms with van der Waals surface area (Å²) < 4.78 is 0. The van der Waals surface area contributed by atoms with Gasteiger partial charge in [0, 0.05) is 18.2 Å². The fraction of sp³-hybridized carbons (Fsp3) is 0.680. The van der Waals surface area contributed by atoms with Crippen LogP contribution in [0.5, 0.6) is 0 Å². The summed E-state index contributed by atoms with van der Waals surface area (Å²) in [5.41, 5.74) is 1.93. The van der Waals surface area contributed by atoms with Crippen LogP contribution in [0.3, 0.4) is 0 Å². The Labute approximate surface area is 175 Å². The number of aliphatic hydroxyl groups is 1. The van der Waals surface area contributed by atoms with E-state index in [1.165, 1.54) is 11.6 Å². The number of hydrogen-bond acceptors (Lipinski definition) is 4. The molecule has 0 aromatic carbocycles. The lowest BCUT2D eigenvalue weighted by Crippen LogP contribution is -2.51. The number of ketones is 2. The Hall–Kier alpha value is -1.84. The first kappa shape index (κ1) is 21.9. The zero-order chi connectivity index (χ0) is 21.6. The van der Waals surface area contributed by atoms with Crippen LogP contribution in [0.4, 0.5) is 0 Å². The Balaban J connectivity index is 1.97. The van der Waals surface area contributed by atoms with Gasteiger partial charge in [0.25, 0.3) is 0 Å². The van der Waals surface area contributed by atoms with Gasteiger partial charge in [0.05, 0.1) is 5.70 Å². The first-order valence-electron chi connectivity index (χ1n) is 11.2. The van der Waals surface area contributed by atoms with Gasteiger partial charge in [-0.2, -0.15) is 0 Å². The van der Waals surface area contributed by atoms with Crippen molar-refractivity contribution in [3.05, 3.63) is 35.3 Å². The first-order chi connectivity index (χ1) is 13.5. The van der Waals surface area contributed by atoms with Gasteiger partial charge < -0.3 is 10.4 Å². The van der Waals surface area contributed by atoms with E-state index in [0.717, 1.165) is 32.1 Å². The van der Waals surface area contributed by atoms with Crippen LogP contribution < -0.4 is 5.32 Å². The second kappa shape index (κ2) is 7.77. The van der Waals surface area contributed by atoms with Crippen LogP contribution in [0.2, 0.25) is 0 Å². The lowest BCUT2D eigenvalue weighted by molar-refractivity contribution is -0.132. The maximum atomic E-state index is 12.8. The summed E-state index contributed by atoms with van der Waals surface area (Å²) in [7, 11) is 0. The summed E-state index contributed by atoms with van der Waals surface area (Å²) in [6.07, 6.45) is 7.22. The van der Waals surface area contributed by atoms with Crippen molar-refractivity contribution < 1.29 is 14.7 Å². The second-order valence-electron chi connectivity index (χ2n) is 10.4. The molecule has 0 radical (unpaired) electrons. The van der Waals surface area contributed by atoms with E-state index in [2.05, 4.69) is 46.5 Å². The van der Waals surface area contributed by atoms with Crippen molar-refractivity contribution in [2.45, 2.75) is 73.1 Å². The molecular formula is C25H37NO3. The molecule has 0 aromatic rings. The molecule has 0 heterocycles. The number of hydrogen-bond donors (Lipinski definition) is 2. The molecule has 3 aliphatic rings. The highest BCUT2D eigenvalue weighted by atomic mass is 16.3. The minimum atomic E-state index is -0.548. The fourth-order valence-electron chi connectivity index (χ4n) is 5.94. The summed E-state index contributed by atoms with van der Waals surface area (Å²) in [6.45, 7) is 16.0. The normalized spacial score (nSPS) is 35.7. The number of Topliss-reactive ketones (excluding diaryl/α,β-unsaturated/α-hetero) is 1. The molecule has 2 N–H and O–H groups in total. The van der Waals surface area contributed by atoms with Gasteiger partial charge >= 0.3 is 0 Å². The highest BCUT2D eigenvalue weighted by Crippen LogP contribution is 2.63. The Morgan fingerprint density at radius 1 is 1.28 bits per heavy atom. The van der Waals surface area contributed by atoms with Gasteiger partial charge in [-0.3, -0.25) is 9.59 Å². The van der Waals surface area contributed by atoms with Gasteiger partial charge in [0.1, 0.15) is 5.76 Å². The Kier molecular flexibility index (Phi) is 5.86. The molecule has 0 bridgehead atoms. The molecule has 0 aliphatic heterocycles. The van der Waals surface area contributed by atoms with Gasteiger partial charge in [-0.25, -0.2) is 0 Å². The SMILES string of the molecule is C=C1CCCC2[C@](C)(CC3=C(O)C(NCC(C)C)=CC(=O)C3=O)[C@@H](C)CC[C@]12C. The molecule has 4 nitrogen and oxygen atoms in total. The van der Waals surface area contributed by atoms with E-state index in [-0.39, 0.29) is 16.6 Å². The predicted octanol–water partition coefficient (Wildman–Crippen LogP) is 5.27. The fourth-order valence-corrected chi connectivity index (χ4v) is 5.94. The highest BCUT2D eigenvalue weighted by Gasteiger charge is 2.54. The van der Waals surface area contributed by atoms with Gasteiger partial charge in [0.2, 0.25) is 11.6 Å². The number of nitrogens with one attached hydrogen (secondary N) is 1. The predicted molar refractivity (Wildman–Crippen MR) is 116 cm³/mol. The first-order valence-corrected chi connectivity index (χ1v) is 11.2. The van der Waals surface area contributed by atoms with E-state index < -0.39 is 11.6 Å². The third kappa shape index (κ3) is 3.71. The van der Waals surface area contributed by atoms with Crippen molar-refractivity contribution in [2.75, 3.05) is 6.54 Å². The molecule has 0 aromatic heterocycles. The van der Waals surface area contributed by atoms with E-state index in [0.29, 0.717) is 42.0 Å². The third-order valence-corrected chi connectivity index (χ3v) is 8.14. The smallest absolute Gasteiger partial charge is 0.232 e. The van der Waals surface area contributed by atoms with Crippen LogP contribution in [0.15, 0.2) is 35.3 Å². The average molecular weight is 400 g/mol. The number of aliphatic hydroxyl groups excluding tert-OH is 1. The zero-order valence-corrected chi connectivity index (χ0v) is 18.7. The van der Waals surface area contributed by atoms with Gasteiger partial charge in [-0.05, 0) is 67.1 Å². The molecule has 4 atom stereocenters. The number of allylic oxidation sites excluding steroid dienone is 3. The molecule has 0 saturated heterocycles. The van der Waals surface area contributed by atoms with E-state index in [1.54, 1.807) is 0 Å². The quantitative estimate of drug-likeness (QED) is 0.375. The molecule has 2 saturated carbocycles. The zero-order valence-electron chi connectivity index (χ0n) is 18.7. The van der Waals surface area contributed by atoms with Gasteiger partial charge in [-0.15, -0.1) is 0 Å². The molecule has 160 valence electrons. The summed E-state index contributed by atoms with van der Waals surface area (Å²) in [4.78, 5) is 25.2. The van der Waals surface area contributed by atoms with Crippen LogP contribution in [0, 0.1) is 28.6 Å². The molecule has 1 unspecified atom stereocenters. The van der Waals surface area contributed by atoms with E-state index in [4.69, 9.17) is 0 Å². The molecule has 2 fully saturated rings. The van der Waals surface area contributed by atoms with Crippen LogP contribution in [0.25, 0.3) is 0 Å². The van der Waals surface area contributed by atoms with E-state index >= 15 is 0 Å². The molecule has 3 rings (SSSR count). The minimum Gasteiger partial charge on any atom is -0.505 e. The number of carbonyl (C=O) groups is 2. The number of carbonyl (C=O) groups excluding carboxylic acids is 2. The largest absolute Gasteiger partial charge is 0.505 e. The Bertz CT molecular complexity index is 790. The molecular weight excluding hydrogens is 362 g/mol. The third-order valence-electron chi connectivity index (χ3n) is 8.14. The summed E-state index contributed by atoms with van der Waals surface area (Å²) in [6, 6.07) is 0. The second-order valence-corrected chi connectivity index (χ2v) is 10.4. The van der Waals surface area contributed by atoms with Crippen LogP contribution >= 0.6 is 0 Å². The van der Waals surface area contributed by atoms with Crippen LogP contribution in [-0.4, -0.2) is 23.2 Å². The standard InChI is InChI=1S/C25H37NO3/c1-15(2)14-26-19-12-20(27)23(29)18(22(19)28)13-25(6)17(4)10-11-24(5)16(3)8-7-9-21(24)25/h12,15,17,21,26,28H,3,7-11,13-14H2,1-2,4-6H3/t17-,21?,24+,25+/m0/s1. The summed E-state index contributed by atoms with van der Waals surface area (Å²) >= 11 is 0. The minimum absolute atomic E-state index is 0.0365.